The Bertz CT molecular complexity index is 573. The van der Waals surface area contributed by atoms with Crippen molar-refractivity contribution in [3.05, 3.63) is 23.8 Å². The topological polar surface area (TPSA) is 68.2 Å². The van der Waals surface area contributed by atoms with Crippen LogP contribution in [0, 0.1) is 17.8 Å². The monoisotopic (exact) mass is 350 g/mol. The highest BCUT2D eigenvalue weighted by atomic mass is 16.7. The summed E-state index contributed by atoms with van der Waals surface area (Å²) in [6.07, 6.45) is 3.31. The molecule has 1 aliphatic carbocycles. The summed E-state index contributed by atoms with van der Waals surface area (Å²) >= 11 is 0. The van der Waals surface area contributed by atoms with Crippen molar-refractivity contribution < 1.29 is 24.4 Å². The van der Waals surface area contributed by atoms with E-state index in [9.17, 15) is 10.2 Å². The summed E-state index contributed by atoms with van der Waals surface area (Å²) in [7, 11) is 0. The molecule has 1 saturated carbocycles. The Morgan fingerprint density at radius 3 is 2.72 bits per heavy atom. The third-order valence-electron chi connectivity index (χ3n) is 5.48. The molecule has 2 aliphatic rings. The molecule has 0 aromatic heterocycles. The average Bonchev–Trinajstić information content (AvgIpc) is 3.04. The van der Waals surface area contributed by atoms with Gasteiger partial charge < -0.3 is 24.4 Å². The van der Waals surface area contributed by atoms with Gasteiger partial charge in [-0.3, -0.25) is 0 Å². The smallest absolute Gasteiger partial charge is 0.184 e. The van der Waals surface area contributed by atoms with E-state index in [0.717, 1.165) is 6.42 Å². The number of hydrogen-bond donors (Lipinski definition) is 2. The van der Waals surface area contributed by atoms with E-state index in [1.807, 2.05) is 0 Å². The Morgan fingerprint density at radius 1 is 1.20 bits per heavy atom. The fourth-order valence-corrected chi connectivity index (χ4v) is 3.93. The van der Waals surface area contributed by atoms with E-state index in [1.54, 1.807) is 6.07 Å². The molecule has 25 heavy (non-hydrogen) atoms. The van der Waals surface area contributed by atoms with Gasteiger partial charge in [0.1, 0.15) is 6.10 Å². The summed E-state index contributed by atoms with van der Waals surface area (Å²) in [6, 6.07) is 4.61. The Balaban J connectivity index is 1.53. The summed E-state index contributed by atoms with van der Waals surface area (Å²) in [5, 5.41) is 19.0. The van der Waals surface area contributed by atoms with E-state index >= 15 is 0 Å². The van der Waals surface area contributed by atoms with Crippen molar-refractivity contribution in [3.63, 3.8) is 0 Å². The van der Waals surface area contributed by atoms with Gasteiger partial charge in [-0.05, 0) is 42.7 Å². The zero-order valence-corrected chi connectivity index (χ0v) is 15.4. The molecule has 5 nitrogen and oxygen atoms in total. The molecule has 0 amide bonds. The Kier molecular flexibility index (Phi) is 5.87. The minimum Gasteiger partial charge on any atom is -0.504 e. The Labute approximate surface area is 149 Å². The van der Waals surface area contributed by atoms with E-state index in [4.69, 9.17) is 14.2 Å². The molecule has 1 aromatic rings. The number of phenols is 2. The zero-order valence-electron chi connectivity index (χ0n) is 15.4. The van der Waals surface area contributed by atoms with Crippen molar-refractivity contribution >= 4 is 0 Å². The van der Waals surface area contributed by atoms with Crippen LogP contribution in [-0.2, 0) is 14.2 Å². The highest BCUT2D eigenvalue weighted by Crippen LogP contribution is 2.36. The van der Waals surface area contributed by atoms with Gasteiger partial charge in [0.25, 0.3) is 0 Å². The van der Waals surface area contributed by atoms with Gasteiger partial charge in [-0.15, -0.1) is 0 Å². The van der Waals surface area contributed by atoms with Crippen LogP contribution in [0.1, 0.15) is 51.9 Å². The van der Waals surface area contributed by atoms with Crippen LogP contribution in [0.3, 0.4) is 0 Å². The fraction of sp³-hybridized carbons (Fsp3) is 0.700. The second-order valence-electron chi connectivity index (χ2n) is 7.87. The number of hydrogen-bond acceptors (Lipinski definition) is 5. The first-order valence-corrected chi connectivity index (χ1v) is 9.34. The molecule has 5 atom stereocenters. The number of benzene rings is 1. The maximum Gasteiger partial charge on any atom is 0.184 e. The second-order valence-corrected chi connectivity index (χ2v) is 7.87. The van der Waals surface area contributed by atoms with Crippen LogP contribution in [0.5, 0.6) is 11.5 Å². The van der Waals surface area contributed by atoms with Gasteiger partial charge >= 0.3 is 0 Å². The maximum absolute atomic E-state index is 9.62. The lowest BCUT2D eigenvalue weighted by molar-refractivity contribution is -0.0993. The molecule has 1 heterocycles. The predicted molar refractivity (Wildman–Crippen MR) is 94.4 cm³/mol. The van der Waals surface area contributed by atoms with E-state index < -0.39 is 6.29 Å². The molecule has 2 N–H and O–H groups in total. The lowest BCUT2D eigenvalue weighted by Crippen LogP contribution is -2.36. The van der Waals surface area contributed by atoms with Crippen LogP contribution in [0.2, 0.25) is 0 Å². The standard InChI is InChI=1S/C20H30O5/c1-12(2)16-6-4-13(3)8-19(16)23-10-15-11-24-20(25-15)14-5-7-17(21)18(22)9-14/h5,7,9,12-13,15-16,19-22H,4,6,8,10-11H2,1-3H3. The average molecular weight is 350 g/mol. The minimum atomic E-state index is -0.522. The van der Waals surface area contributed by atoms with Gasteiger partial charge in [0, 0.05) is 5.56 Å². The summed E-state index contributed by atoms with van der Waals surface area (Å²) in [5.74, 6) is 1.65. The van der Waals surface area contributed by atoms with E-state index in [-0.39, 0.29) is 17.6 Å². The number of aromatic hydroxyl groups is 2. The van der Waals surface area contributed by atoms with Crippen LogP contribution < -0.4 is 0 Å². The molecule has 0 spiro atoms. The van der Waals surface area contributed by atoms with E-state index in [2.05, 4.69) is 20.8 Å². The summed E-state index contributed by atoms with van der Waals surface area (Å²) in [4.78, 5) is 0. The Hall–Kier alpha value is -1.30. The third-order valence-corrected chi connectivity index (χ3v) is 5.48. The minimum absolute atomic E-state index is 0.106. The normalized spacial score (nSPS) is 33.0. The molecule has 1 aliphatic heterocycles. The largest absolute Gasteiger partial charge is 0.504 e. The van der Waals surface area contributed by atoms with Gasteiger partial charge in [0.2, 0.25) is 0 Å². The number of rotatable bonds is 5. The molecule has 0 bridgehead atoms. The molecule has 3 rings (SSSR count). The lowest BCUT2D eigenvalue weighted by Gasteiger charge is -2.37. The molecular weight excluding hydrogens is 320 g/mol. The summed E-state index contributed by atoms with van der Waals surface area (Å²) in [6.45, 7) is 7.86. The van der Waals surface area contributed by atoms with Crippen LogP contribution in [0.25, 0.3) is 0 Å². The zero-order chi connectivity index (χ0) is 18.0. The van der Waals surface area contributed by atoms with Crippen molar-refractivity contribution in [1.82, 2.24) is 0 Å². The quantitative estimate of drug-likeness (QED) is 0.786. The number of ether oxygens (including phenoxy) is 3. The predicted octanol–water partition coefficient (Wildman–Crippen LogP) is 3.99. The second kappa shape index (κ2) is 7.94. The molecule has 0 radical (unpaired) electrons. The van der Waals surface area contributed by atoms with Crippen molar-refractivity contribution in [2.75, 3.05) is 13.2 Å². The first kappa shape index (κ1) is 18.5. The first-order valence-electron chi connectivity index (χ1n) is 9.34. The molecule has 2 fully saturated rings. The van der Waals surface area contributed by atoms with Gasteiger partial charge in [-0.25, -0.2) is 0 Å². The van der Waals surface area contributed by atoms with Gasteiger partial charge in [0.05, 0.1) is 19.3 Å². The first-order chi connectivity index (χ1) is 11.9. The molecule has 5 unspecified atom stereocenters. The molecule has 5 heteroatoms. The lowest BCUT2D eigenvalue weighted by atomic mass is 9.75. The molecular formula is C20H30O5. The summed E-state index contributed by atoms with van der Waals surface area (Å²) in [5.41, 5.74) is 0.698. The Morgan fingerprint density at radius 2 is 2.00 bits per heavy atom. The van der Waals surface area contributed by atoms with Gasteiger partial charge in [0.15, 0.2) is 17.8 Å². The van der Waals surface area contributed by atoms with Crippen LogP contribution in [-0.4, -0.2) is 35.6 Å². The van der Waals surface area contributed by atoms with E-state index in [0.29, 0.717) is 42.6 Å². The van der Waals surface area contributed by atoms with Crippen molar-refractivity contribution in [2.24, 2.45) is 17.8 Å². The fourth-order valence-electron chi connectivity index (χ4n) is 3.93. The third kappa shape index (κ3) is 4.46. The van der Waals surface area contributed by atoms with Gasteiger partial charge in [-0.1, -0.05) is 33.3 Å². The van der Waals surface area contributed by atoms with Crippen molar-refractivity contribution in [1.29, 1.82) is 0 Å². The SMILES string of the molecule is CC1CCC(C(C)C)C(OCC2COC(c3ccc(O)c(O)c3)O2)C1. The van der Waals surface area contributed by atoms with Crippen LogP contribution in [0.4, 0.5) is 0 Å². The van der Waals surface area contributed by atoms with Gasteiger partial charge in [-0.2, -0.15) is 0 Å². The summed E-state index contributed by atoms with van der Waals surface area (Å²) < 4.78 is 17.8. The maximum atomic E-state index is 9.62. The highest BCUT2D eigenvalue weighted by molar-refractivity contribution is 5.40. The highest BCUT2D eigenvalue weighted by Gasteiger charge is 2.34. The molecule has 1 aromatic carbocycles. The van der Waals surface area contributed by atoms with Crippen LogP contribution in [0.15, 0.2) is 18.2 Å². The number of phenolic OH excluding ortho intramolecular Hbond substituents is 2. The van der Waals surface area contributed by atoms with Crippen molar-refractivity contribution in [2.45, 2.75) is 58.5 Å². The molecule has 140 valence electrons. The van der Waals surface area contributed by atoms with Crippen molar-refractivity contribution in [3.8, 4) is 11.5 Å². The molecule has 1 saturated heterocycles. The van der Waals surface area contributed by atoms with Crippen LogP contribution >= 0.6 is 0 Å². The van der Waals surface area contributed by atoms with E-state index in [1.165, 1.54) is 25.0 Å².